The van der Waals surface area contributed by atoms with Crippen molar-refractivity contribution >= 4 is 36.7 Å². The summed E-state index contributed by atoms with van der Waals surface area (Å²) in [7, 11) is -3.19. The van der Waals surface area contributed by atoms with E-state index in [0.29, 0.717) is 15.7 Å². The van der Waals surface area contributed by atoms with Crippen molar-refractivity contribution in [3.63, 3.8) is 0 Å². The first-order valence-corrected chi connectivity index (χ1v) is 7.54. The maximum absolute atomic E-state index is 11.8. The molecule has 0 spiro atoms. The van der Waals surface area contributed by atoms with Crippen LogP contribution in [0.2, 0.25) is 0 Å². The topological polar surface area (TPSA) is 47.0 Å². The molecule has 1 aromatic heterocycles. The largest absolute Gasteiger partial charge is 0.256 e. The van der Waals surface area contributed by atoms with Gasteiger partial charge in [-0.3, -0.25) is 4.98 Å². The van der Waals surface area contributed by atoms with Gasteiger partial charge in [0.1, 0.15) is 0 Å². The fourth-order valence-electron chi connectivity index (χ4n) is 1.46. The Morgan fingerprint density at radius 1 is 1.25 bits per heavy atom. The van der Waals surface area contributed by atoms with Crippen LogP contribution in [0.3, 0.4) is 0 Å². The van der Waals surface area contributed by atoms with Crippen molar-refractivity contribution < 1.29 is 8.42 Å². The van der Waals surface area contributed by atoms with E-state index >= 15 is 0 Å². The summed E-state index contributed by atoms with van der Waals surface area (Å²) in [6, 6.07) is 8.76. The number of alkyl halides is 1. The Bertz CT molecular complexity index is 610. The molecule has 0 aliphatic heterocycles. The molecule has 1 heterocycles. The summed E-state index contributed by atoms with van der Waals surface area (Å²) < 4.78 is 23.6. The van der Waals surface area contributed by atoms with Gasteiger partial charge in [-0.25, -0.2) is 8.42 Å². The standard InChI is InChI=1S/C11H10BrNO2S/c12-5-7-16(14,15)10-4-3-9-2-1-6-13-11(9)8-10/h1-4,6,8H,5,7H2. The fourth-order valence-corrected chi connectivity index (χ4v) is 3.74. The van der Waals surface area contributed by atoms with E-state index < -0.39 is 9.84 Å². The summed E-state index contributed by atoms with van der Waals surface area (Å²) in [6.07, 6.45) is 1.66. The number of nitrogens with zero attached hydrogens (tertiary/aromatic N) is 1. The molecule has 1 aromatic carbocycles. The minimum absolute atomic E-state index is 0.103. The number of benzene rings is 1. The highest BCUT2D eigenvalue weighted by Crippen LogP contribution is 2.18. The first-order chi connectivity index (χ1) is 7.63. The van der Waals surface area contributed by atoms with Crippen LogP contribution in [0, 0.1) is 0 Å². The van der Waals surface area contributed by atoms with E-state index in [4.69, 9.17) is 0 Å². The van der Waals surface area contributed by atoms with Gasteiger partial charge in [0.25, 0.3) is 0 Å². The lowest BCUT2D eigenvalue weighted by atomic mass is 10.2. The van der Waals surface area contributed by atoms with Gasteiger partial charge < -0.3 is 0 Å². The van der Waals surface area contributed by atoms with Crippen molar-refractivity contribution in [3.8, 4) is 0 Å². The number of pyridine rings is 1. The van der Waals surface area contributed by atoms with E-state index in [1.807, 2.05) is 12.1 Å². The third-order valence-electron chi connectivity index (χ3n) is 2.28. The smallest absolute Gasteiger partial charge is 0.179 e. The third kappa shape index (κ3) is 2.25. The first-order valence-electron chi connectivity index (χ1n) is 4.77. The molecule has 0 N–H and O–H groups in total. The summed E-state index contributed by atoms with van der Waals surface area (Å²) in [5.74, 6) is 0.103. The molecule has 0 saturated carbocycles. The SMILES string of the molecule is O=S(=O)(CCBr)c1ccc2cccnc2c1. The third-order valence-corrected chi connectivity index (χ3v) is 4.92. The van der Waals surface area contributed by atoms with Crippen molar-refractivity contribution in [3.05, 3.63) is 36.5 Å². The molecular formula is C11H10BrNO2S. The lowest BCUT2D eigenvalue weighted by Crippen LogP contribution is -2.07. The van der Waals surface area contributed by atoms with Gasteiger partial charge in [-0.1, -0.05) is 28.1 Å². The van der Waals surface area contributed by atoms with Gasteiger partial charge in [0.05, 0.1) is 16.2 Å². The molecule has 2 aromatic rings. The minimum atomic E-state index is -3.19. The Morgan fingerprint density at radius 2 is 2.06 bits per heavy atom. The van der Waals surface area contributed by atoms with Crippen LogP contribution in [0.1, 0.15) is 0 Å². The predicted octanol–water partition coefficient (Wildman–Crippen LogP) is 2.40. The van der Waals surface area contributed by atoms with Crippen LogP contribution in [-0.4, -0.2) is 24.5 Å². The number of aromatic nitrogens is 1. The number of fused-ring (bicyclic) bond motifs is 1. The van der Waals surface area contributed by atoms with Crippen LogP contribution in [0.4, 0.5) is 0 Å². The lowest BCUT2D eigenvalue weighted by Gasteiger charge is -2.03. The molecule has 2 rings (SSSR count). The van der Waals surface area contributed by atoms with Gasteiger partial charge in [-0.05, 0) is 18.2 Å². The van der Waals surface area contributed by atoms with Crippen molar-refractivity contribution in [1.29, 1.82) is 0 Å². The number of hydrogen-bond donors (Lipinski definition) is 0. The molecule has 0 atom stereocenters. The van der Waals surface area contributed by atoms with E-state index in [2.05, 4.69) is 20.9 Å². The maximum atomic E-state index is 11.8. The van der Waals surface area contributed by atoms with Crippen molar-refractivity contribution in [2.75, 3.05) is 11.1 Å². The van der Waals surface area contributed by atoms with Crippen LogP contribution in [0.15, 0.2) is 41.4 Å². The summed E-state index contributed by atoms with van der Waals surface area (Å²) >= 11 is 3.14. The highest BCUT2D eigenvalue weighted by atomic mass is 79.9. The van der Waals surface area contributed by atoms with E-state index in [-0.39, 0.29) is 5.75 Å². The molecule has 5 heteroatoms. The Morgan fingerprint density at radius 3 is 2.81 bits per heavy atom. The fraction of sp³-hybridized carbons (Fsp3) is 0.182. The molecule has 0 fully saturated rings. The highest BCUT2D eigenvalue weighted by Gasteiger charge is 2.13. The van der Waals surface area contributed by atoms with Gasteiger partial charge in [0.15, 0.2) is 9.84 Å². The summed E-state index contributed by atoms with van der Waals surface area (Å²) in [4.78, 5) is 4.47. The Hall–Kier alpha value is -0.940. The zero-order valence-corrected chi connectivity index (χ0v) is 10.8. The molecule has 0 saturated heterocycles. The number of sulfone groups is 1. The van der Waals surface area contributed by atoms with Gasteiger partial charge in [0.2, 0.25) is 0 Å². The van der Waals surface area contributed by atoms with E-state index in [9.17, 15) is 8.42 Å². The predicted molar refractivity (Wildman–Crippen MR) is 67.6 cm³/mol. The Labute approximate surface area is 103 Å². The average Bonchev–Trinajstić information content (AvgIpc) is 2.28. The molecule has 0 bridgehead atoms. The van der Waals surface area contributed by atoms with Crippen LogP contribution < -0.4 is 0 Å². The monoisotopic (exact) mass is 299 g/mol. The first kappa shape index (κ1) is 11.5. The average molecular weight is 300 g/mol. The summed E-state index contributed by atoms with van der Waals surface area (Å²) in [6.45, 7) is 0. The van der Waals surface area contributed by atoms with Crippen molar-refractivity contribution in [2.45, 2.75) is 4.90 Å². The summed E-state index contributed by atoms with van der Waals surface area (Å²) in [5.41, 5.74) is 0.707. The second-order valence-electron chi connectivity index (χ2n) is 3.37. The lowest BCUT2D eigenvalue weighted by molar-refractivity contribution is 0.598. The molecule has 0 aliphatic rings. The zero-order valence-electron chi connectivity index (χ0n) is 8.43. The van der Waals surface area contributed by atoms with Crippen LogP contribution in [0.25, 0.3) is 10.9 Å². The van der Waals surface area contributed by atoms with Crippen molar-refractivity contribution in [2.24, 2.45) is 0 Å². The van der Waals surface area contributed by atoms with Gasteiger partial charge >= 0.3 is 0 Å². The maximum Gasteiger partial charge on any atom is 0.179 e. The van der Waals surface area contributed by atoms with Gasteiger partial charge in [-0.15, -0.1) is 0 Å². The molecule has 0 radical (unpaired) electrons. The van der Waals surface area contributed by atoms with Gasteiger partial charge in [0, 0.05) is 16.9 Å². The van der Waals surface area contributed by atoms with Crippen LogP contribution in [0.5, 0.6) is 0 Å². The molecular weight excluding hydrogens is 290 g/mol. The second kappa shape index (κ2) is 4.51. The molecule has 84 valence electrons. The van der Waals surface area contributed by atoms with Crippen LogP contribution >= 0.6 is 15.9 Å². The van der Waals surface area contributed by atoms with Gasteiger partial charge in [-0.2, -0.15) is 0 Å². The van der Waals surface area contributed by atoms with E-state index in [1.165, 1.54) is 0 Å². The van der Waals surface area contributed by atoms with E-state index in [1.54, 1.807) is 24.4 Å². The number of hydrogen-bond acceptors (Lipinski definition) is 3. The normalized spacial score (nSPS) is 11.8. The Balaban J connectivity index is 2.55. The summed E-state index contributed by atoms with van der Waals surface area (Å²) in [5, 5.41) is 1.38. The van der Waals surface area contributed by atoms with Crippen LogP contribution in [-0.2, 0) is 9.84 Å². The molecule has 0 amide bonds. The number of halogens is 1. The highest BCUT2D eigenvalue weighted by molar-refractivity contribution is 9.09. The second-order valence-corrected chi connectivity index (χ2v) is 6.27. The minimum Gasteiger partial charge on any atom is -0.256 e. The molecule has 0 unspecified atom stereocenters. The van der Waals surface area contributed by atoms with E-state index in [0.717, 1.165) is 5.39 Å². The zero-order chi connectivity index (χ0) is 11.6. The quantitative estimate of drug-likeness (QED) is 0.818. The molecule has 3 nitrogen and oxygen atoms in total. The Kier molecular flexibility index (Phi) is 3.25. The number of rotatable bonds is 3. The molecule has 16 heavy (non-hydrogen) atoms. The molecule has 0 aliphatic carbocycles. The van der Waals surface area contributed by atoms with Crippen molar-refractivity contribution in [1.82, 2.24) is 4.98 Å².